The lowest BCUT2D eigenvalue weighted by molar-refractivity contribution is 0.0912. The van der Waals surface area contributed by atoms with E-state index in [0.717, 1.165) is 0 Å². The van der Waals surface area contributed by atoms with Crippen molar-refractivity contribution in [2.24, 2.45) is 0 Å². The molecule has 2 rings (SSSR count). The van der Waals surface area contributed by atoms with Crippen molar-refractivity contribution in [3.05, 3.63) is 57.3 Å². The Morgan fingerprint density at radius 3 is 2.57 bits per heavy atom. The standard InChI is InChI=1S/C14H11Cl2N3O2/c15-9-3-8(4-10(16)5-9)13(20)7-18-14(21)12-2-1-11(6-17)19-12/h1-5,13,19-20H,7H2,(H,18,21). The topological polar surface area (TPSA) is 88.9 Å². The molecule has 0 aliphatic carbocycles. The Hall–Kier alpha value is -2.00. The van der Waals surface area contributed by atoms with E-state index in [-0.39, 0.29) is 12.2 Å². The SMILES string of the molecule is N#Cc1ccc(C(=O)NCC(O)c2cc(Cl)cc(Cl)c2)[nH]1. The number of aromatic nitrogens is 1. The summed E-state index contributed by atoms with van der Waals surface area (Å²) in [5.74, 6) is -0.413. The van der Waals surface area contributed by atoms with Gasteiger partial charge in [-0.25, -0.2) is 0 Å². The Balaban J connectivity index is 1.99. The van der Waals surface area contributed by atoms with E-state index >= 15 is 0 Å². The normalized spacial score (nSPS) is 11.7. The van der Waals surface area contributed by atoms with Crippen molar-refractivity contribution >= 4 is 29.1 Å². The molecule has 0 saturated carbocycles. The van der Waals surface area contributed by atoms with Crippen LogP contribution in [-0.2, 0) is 0 Å². The van der Waals surface area contributed by atoms with Crippen molar-refractivity contribution in [2.75, 3.05) is 6.54 Å². The number of aliphatic hydroxyl groups excluding tert-OH is 1. The number of aliphatic hydroxyl groups is 1. The number of carbonyl (C=O) groups is 1. The Kier molecular flexibility index (Phi) is 4.86. The maximum absolute atomic E-state index is 11.8. The third-order valence-corrected chi connectivity index (χ3v) is 3.21. The van der Waals surface area contributed by atoms with Crippen molar-refractivity contribution < 1.29 is 9.90 Å². The lowest BCUT2D eigenvalue weighted by Crippen LogP contribution is -2.28. The molecule has 0 aliphatic heterocycles. The molecule has 108 valence electrons. The van der Waals surface area contributed by atoms with Crippen LogP contribution in [0.5, 0.6) is 0 Å². The molecule has 1 aromatic heterocycles. The molecule has 0 radical (unpaired) electrons. The second-order valence-electron chi connectivity index (χ2n) is 4.33. The van der Waals surface area contributed by atoms with Crippen molar-refractivity contribution in [3.8, 4) is 6.07 Å². The molecule has 1 amide bonds. The van der Waals surface area contributed by atoms with E-state index in [1.54, 1.807) is 18.2 Å². The number of H-pyrrole nitrogens is 1. The number of hydrogen-bond donors (Lipinski definition) is 3. The zero-order chi connectivity index (χ0) is 15.4. The number of hydrogen-bond acceptors (Lipinski definition) is 3. The Bertz CT molecular complexity index is 686. The lowest BCUT2D eigenvalue weighted by atomic mass is 10.1. The molecule has 7 heteroatoms. The largest absolute Gasteiger partial charge is 0.387 e. The summed E-state index contributed by atoms with van der Waals surface area (Å²) in [5, 5.41) is 22.1. The predicted molar refractivity (Wildman–Crippen MR) is 79.3 cm³/mol. The molecule has 1 unspecified atom stereocenters. The van der Waals surface area contributed by atoms with E-state index in [1.165, 1.54) is 12.1 Å². The molecular formula is C14H11Cl2N3O2. The predicted octanol–water partition coefficient (Wildman–Crippen LogP) is 2.66. The first kappa shape index (κ1) is 15.4. The quantitative estimate of drug-likeness (QED) is 0.808. The minimum Gasteiger partial charge on any atom is -0.387 e. The van der Waals surface area contributed by atoms with Crippen molar-refractivity contribution in [1.29, 1.82) is 5.26 Å². The van der Waals surface area contributed by atoms with Gasteiger partial charge in [0, 0.05) is 16.6 Å². The van der Waals surface area contributed by atoms with Gasteiger partial charge >= 0.3 is 0 Å². The van der Waals surface area contributed by atoms with E-state index in [9.17, 15) is 9.90 Å². The molecule has 0 spiro atoms. The summed E-state index contributed by atoms with van der Waals surface area (Å²) in [6.45, 7) is -0.00356. The minimum atomic E-state index is -0.935. The van der Waals surface area contributed by atoms with Crippen LogP contribution >= 0.6 is 23.2 Å². The van der Waals surface area contributed by atoms with Gasteiger partial charge in [0.1, 0.15) is 17.5 Å². The molecule has 0 aliphatic rings. The smallest absolute Gasteiger partial charge is 0.267 e. The van der Waals surface area contributed by atoms with Crippen molar-refractivity contribution in [3.63, 3.8) is 0 Å². The summed E-state index contributed by atoms with van der Waals surface area (Å²) in [4.78, 5) is 14.5. The molecule has 1 atom stereocenters. The van der Waals surface area contributed by atoms with E-state index in [2.05, 4.69) is 10.3 Å². The highest BCUT2D eigenvalue weighted by Crippen LogP contribution is 2.23. The number of rotatable bonds is 4. The summed E-state index contributed by atoms with van der Waals surface area (Å²) in [5.41, 5.74) is 1.06. The summed E-state index contributed by atoms with van der Waals surface area (Å²) < 4.78 is 0. The van der Waals surface area contributed by atoms with Crippen molar-refractivity contribution in [1.82, 2.24) is 10.3 Å². The summed E-state index contributed by atoms with van der Waals surface area (Å²) >= 11 is 11.7. The second kappa shape index (κ2) is 6.64. The highest BCUT2D eigenvalue weighted by molar-refractivity contribution is 6.34. The van der Waals surface area contributed by atoms with E-state index < -0.39 is 12.0 Å². The van der Waals surface area contributed by atoms with Gasteiger partial charge in [-0.2, -0.15) is 5.26 Å². The molecule has 3 N–H and O–H groups in total. The molecule has 0 fully saturated rings. The third-order valence-electron chi connectivity index (χ3n) is 2.78. The van der Waals surface area contributed by atoms with E-state index in [1.807, 2.05) is 6.07 Å². The van der Waals surface area contributed by atoms with Crippen LogP contribution in [-0.4, -0.2) is 22.5 Å². The number of nitrogens with zero attached hydrogens (tertiary/aromatic N) is 1. The van der Waals surface area contributed by atoms with Gasteiger partial charge < -0.3 is 15.4 Å². The fraction of sp³-hybridized carbons (Fsp3) is 0.143. The molecule has 5 nitrogen and oxygen atoms in total. The second-order valence-corrected chi connectivity index (χ2v) is 5.20. The van der Waals surface area contributed by atoms with Gasteiger partial charge in [0.15, 0.2) is 0 Å². The van der Waals surface area contributed by atoms with Crippen molar-refractivity contribution in [2.45, 2.75) is 6.10 Å². The first-order valence-electron chi connectivity index (χ1n) is 6.01. The molecule has 2 aromatic rings. The zero-order valence-corrected chi connectivity index (χ0v) is 12.2. The number of carbonyl (C=O) groups excluding carboxylic acids is 1. The number of nitriles is 1. The Morgan fingerprint density at radius 1 is 1.33 bits per heavy atom. The summed E-state index contributed by atoms with van der Waals surface area (Å²) in [6, 6.07) is 9.60. The van der Waals surface area contributed by atoms with Gasteiger partial charge in [-0.1, -0.05) is 23.2 Å². The molecule has 21 heavy (non-hydrogen) atoms. The maximum atomic E-state index is 11.8. The average Bonchev–Trinajstić information content (AvgIpc) is 2.92. The van der Waals surface area contributed by atoms with Crippen LogP contribution in [0, 0.1) is 11.3 Å². The fourth-order valence-electron chi connectivity index (χ4n) is 1.76. The van der Waals surface area contributed by atoms with Gasteiger partial charge in [-0.05, 0) is 35.9 Å². The van der Waals surface area contributed by atoms with Gasteiger partial charge in [-0.15, -0.1) is 0 Å². The van der Waals surface area contributed by atoms with Crippen LogP contribution in [0.3, 0.4) is 0 Å². The highest BCUT2D eigenvalue weighted by atomic mass is 35.5. The first-order chi connectivity index (χ1) is 9.99. The van der Waals surface area contributed by atoms with Gasteiger partial charge in [-0.3, -0.25) is 4.79 Å². The molecule has 0 bridgehead atoms. The van der Waals surface area contributed by atoms with Gasteiger partial charge in [0.05, 0.1) is 6.10 Å². The number of halogens is 2. The fourth-order valence-corrected chi connectivity index (χ4v) is 2.31. The maximum Gasteiger partial charge on any atom is 0.267 e. The Morgan fingerprint density at radius 2 is 2.00 bits per heavy atom. The van der Waals surface area contributed by atoms with Crippen LogP contribution in [0.25, 0.3) is 0 Å². The van der Waals surface area contributed by atoms with Crippen LogP contribution in [0.2, 0.25) is 10.0 Å². The third kappa shape index (κ3) is 3.99. The van der Waals surface area contributed by atoms with Gasteiger partial charge in [0.25, 0.3) is 5.91 Å². The lowest BCUT2D eigenvalue weighted by Gasteiger charge is -2.12. The zero-order valence-electron chi connectivity index (χ0n) is 10.7. The number of amides is 1. The monoisotopic (exact) mass is 323 g/mol. The summed E-state index contributed by atoms with van der Waals surface area (Å²) in [7, 11) is 0. The van der Waals surface area contributed by atoms with Crippen LogP contribution in [0.1, 0.15) is 27.8 Å². The molecule has 1 heterocycles. The van der Waals surface area contributed by atoms with Crippen LogP contribution < -0.4 is 5.32 Å². The van der Waals surface area contributed by atoms with Crippen LogP contribution in [0.4, 0.5) is 0 Å². The highest BCUT2D eigenvalue weighted by Gasteiger charge is 2.13. The molecule has 0 saturated heterocycles. The first-order valence-corrected chi connectivity index (χ1v) is 6.76. The van der Waals surface area contributed by atoms with Gasteiger partial charge in [0.2, 0.25) is 0 Å². The molecule has 1 aromatic carbocycles. The summed E-state index contributed by atoms with van der Waals surface area (Å²) in [6.07, 6.45) is -0.935. The molecular weight excluding hydrogens is 313 g/mol. The Labute approximate surface area is 131 Å². The number of nitrogens with one attached hydrogen (secondary N) is 2. The average molecular weight is 324 g/mol. The number of aromatic amines is 1. The van der Waals surface area contributed by atoms with E-state index in [4.69, 9.17) is 28.5 Å². The number of benzene rings is 1. The minimum absolute atomic E-state index is 0.00356. The van der Waals surface area contributed by atoms with E-state index in [0.29, 0.717) is 21.3 Å². The van der Waals surface area contributed by atoms with Crippen LogP contribution in [0.15, 0.2) is 30.3 Å².